The highest BCUT2D eigenvalue weighted by Gasteiger charge is 2.34. The first-order chi connectivity index (χ1) is 14.0. The Labute approximate surface area is 171 Å². The van der Waals surface area contributed by atoms with Gasteiger partial charge in [0.1, 0.15) is 16.4 Å². The Hall–Kier alpha value is -3.27. The molecule has 1 amide bonds. The van der Waals surface area contributed by atoms with Gasteiger partial charge in [0, 0.05) is 19.0 Å². The summed E-state index contributed by atoms with van der Waals surface area (Å²) in [5, 5.41) is 8.16. The molecule has 1 aliphatic rings. The number of rotatable bonds is 5. The molecule has 4 rings (SSSR count). The maximum atomic E-state index is 13.0. The molecule has 1 saturated heterocycles. The number of anilines is 1. The van der Waals surface area contributed by atoms with Crippen molar-refractivity contribution in [3.05, 3.63) is 46.6 Å². The van der Waals surface area contributed by atoms with Gasteiger partial charge in [0.05, 0.1) is 30.3 Å². The van der Waals surface area contributed by atoms with Crippen molar-refractivity contribution in [3.63, 3.8) is 0 Å². The van der Waals surface area contributed by atoms with Gasteiger partial charge >= 0.3 is 0 Å². The Balaban J connectivity index is 1.50. The lowest BCUT2D eigenvalue weighted by Gasteiger charge is -2.15. The molecule has 1 unspecified atom stereocenters. The number of amides is 1. The van der Waals surface area contributed by atoms with Crippen LogP contribution in [0.2, 0.25) is 0 Å². The average Bonchev–Trinajstić information content (AvgIpc) is 3.47. The number of aryl methyl sites for hydroxylation is 1. The van der Waals surface area contributed by atoms with E-state index in [0.717, 1.165) is 23.0 Å². The summed E-state index contributed by atoms with van der Waals surface area (Å²) in [5.74, 6) is 0.465. The summed E-state index contributed by atoms with van der Waals surface area (Å²) in [6, 6.07) is 7.24. The first-order valence-corrected chi connectivity index (χ1v) is 9.87. The molecule has 9 nitrogen and oxygen atoms in total. The number of ketones is 1. The van der Waals surface area contributed by atoms with E-state index in [1.165, 1.54) is 10.9 Å². The van der Waals surface area contributed by atoms with Gasteiger partial charge in [0.15, 0.2) is 5.78 Å². The molecule has 3 aromatic rings. The zero-order valence-corrected chi connectivity index (χ0v) is 16.8. The van der Waals surface area contributed by atoms with Gasteiger partial charge in [-0.25, -0.2) is 4.68 Å². The van der Waals surface area contributed by atoms with Crippen molar-refractivity contribution in [3.8, 4) is 11.4 Å². The molecule has 0 radical (unpaired) electrons. The second-order valence-electron chi connectivity index (χ2n) is 6.84. The Morgan fingerprint density at radius 1 is 1.28 bits per heavy atom. The van der Waals surface area contributed by atoms with Crippen LogP contribution in [0.3, 0.4) is 0 Å². The summed E-state index contributed by atoms with van der Waals surface area (Å²) in [6.07, 6.45) is 2.08. The van der Waals surface area contributed by atoms with Gasteiger partial charge in [-0.3, -0.25) is 9.59 Å². The molecule has 2 aromatic heterocycles. The van der Waals surface area contributed by atoms with E-state index in [-0.39, 0.29) is 23.4 Å². The molecule has 29 heavy (non-hydrogen) atoms. The molecule has 0 bridgehead atoms. The quantitative estimate of drug-likeness (QED) is 0.637. The van der Waals surface area contributed by atoms with E-state index in [1.54, 1.807) is 31.1 Å². The van der Waals surface area contributed by atoms with Crippen molar-refractivity contribution in [2.24, 2.45) is 5.92 Å². The van der Waals surface area contributed by atoms with Crippen molar-refractivity contribution in [1.29, 1.82) is 0 Å². The smallest absolute Gasteiger partial charge is 0.267 e. The number of Topliss-reactive ketones (excluding diaryl/α,β-unsaturated/α-hetero) is 1. The Morgan fingerprint density at radius 2 is 2.03 bits per heavy atom. The van der Waals surface area contributed by atoms with Crippen LogP contribution in [-0.4, -0.2) is 56.2 Å². The van der Waals surface area contributed by atoms with E-state index in [2.05, 4.69) is 14.7 Å². The number of nitrogens with zero attached hydrogens (tertiary/aromatic N) is 5. The number of ether oxygens (including phenoxy) is 1. The van der Waals surface area contributed by atoms with Crippen LogP contribution < -0.4 is 10.5 Å². The third kappa shape index (κ3) is 3.46. The number of benzene rings is 1. The van der Waals surface area contributed by atoms with Gasteiger partial charge in [0.25, 0.3) is 5.91 Å². The summed E-state index contributed by atoms with van der Waals surface area (Å²) in [6.45, 7) is 2.62. The van der Waals surface area contributed by atoms with Gasteiger partial charge in [-0.1, -0.05) is 4.49 Å². The molecular formula is C19H20N6O3S. The second-order valence-corrected chi connectivity index (χ2v) is 7.60. The predicted molar refractivity (Wildman–Crippen MR) is 108 cm³/mol. The van der Waals surface area contributed by atoms with Crippen LogP contribution in [0.5, 0.6) is 5.75 Å². The van der Waals surface area contributed by atoms with Crippen LogP contribution in [0, 0.1) is 12.8 Å². The summed E-state index contributed by atoms with van der Waals surface area (Å²) in [7, 11) is 1.59. The molecule has 0 saturated carbocycles. The van der Waals surface area contributed by atoms with E-state index >= 15 is 0 Å². The van der Waals surface area contributed by atoms with E-state index in [1.807, 2.05) is 12.1 Å². The van der Waals surface area contributed by atoms with Crippen molar-refractivity contribution < 1.29 is 14.3 Å². The molecule has 150 valence electrons. The molecule has 0 aliphatic carbocycles. The lowest BCUT2D eigenvalue weighted by molar-refractivity contribution is 0.0784. The molecule has 2 N–H and O–H groups in total. The second kappa shape index (κ2) is 7.63. The summed E-state index contributed by atoms with van der Waals surface area (Å²) in [5.41, 5.74) is 7.94. The fourth-order valence-corrected chi connectivity index (χ4v) is 4.05. The Bertz CT molecular complexity index is 1060. The first kappa shape index (κ1) is 19.1. The molecular weight excluding hydrogens is 392 g/mol. The third-order valence-corrected chi connectivity index (χ3v) is 5.90. The molecule has 1 atom stereocenters. The number of aromatic nitrogens is 4. The number of likely N-dealkylation sites (tertiary alicyclic amines) is 1. The van der Waals surface area contributed by atoms with Crippen LogP contribution in [-0.2, 0) is 0 Å². The van der Waals surface area contributed by atoms with E-state index in [0.29, 0.717) is 35.6 Å². The monoisotopic (exact) mass is 412 g/mol. The number of carbonyl (C=O) groups is 2. The average molecular weight is 412 g/mol. The maximum Gasteiger partial charge on any atom is 0.267 e. The van der Waals surface area contributed by atoms with Crippen LogP contribution in [0.4, 0.5) is 5.82 Å². The SMILES string of the molecule is COc1ccc(-n2ncc(C(=O)C3CCN(C(=O)c4snnc4C)C3)c2N)cc1. The van der Waals surface area contributed by atoms with Crippen molar-refractivity contribution in [1.82, 2.24) is 24.3 Å². The highest BCUT2D eigenvalue weighted by Crippen LogP contribution is 2.27. The van der Waals surface area contributed by atoms with Gasteiger partial charge < -0.3 is 15.4 Å². The summed E-state index contributed by atoms with van der Waals surface area (Å²) in [4.78, 5) is 27.9. The molecule has 1 aliphatic heterocycles. The topological polar surface area (TPSA) is 116 Å². The largest absolute Gasteiger partial charge is 0.497 e. The number of hydrogen-bond acceptors (Lipinski definition) is 8. The zero-order chi connectivity index (χ0) is 20.5. The Morgan fingerprint density at radius 3 is 2.69 bits per heavy atom. The highest BCUT2D eigenvalue weighted by molar-refractivity contribution is 7.07. The first-order valence-electron chi connectivity index (χ1n) is 9.10. The molecule has 0 spiro atoms. The molecule has 3 heterocycles. The van der Waals surface area contributed by atoms with E-state index < -0.39 is 0 Å². The standard InChI is InChI=1S/C19H20N6O3S/c1-11-17(29-23-22-11)19(27)24-8-7-12(10-24)16(26)15-9-21-25(18(15)20)13-3-5-14(28-2)6-4-13/h3-6,9,12H,7-8,10,20H2,1-2H3. The normalized spacial score (nSPS) is 16.2. The summed E-state index contributed by atoms with van der Waals surface area (Å²) < 4.78 is 10.5. The van der Waals surface area contributed by atoms with Crippen molar-refractivity contribution >= 4 is 29.0 Å². The number of hydrogen-bond donors (Lipinski definition) is 1. The number of nitrogen functional groups attached to an aromatic ring is 1. The van der Waals surface area contributed by atoms with Gasteiger partial charge in [-0.15, -0.1) is 5.10 Å². The third-order valence-electron chi connectivity index (χ3n) is 5.08. The van der Waals surface area contributed by atoms with Crippen LogP contribution in [0.25, 0.3) is 5.69 Å². The van der Waals surface area contributed by atoms with Crippen LogP contribution >= 0.6 is 11.5 Å². The lowest BCUT2D eigenvalue weighted by Crippen LogP contribution is -2.30. The maximum absolute atomic E-state index is 13.0. The van der Waals surface area contributed by atoms with Crippen molar-refractivity contribution in [2.75, 3.05) is 25.9 Å². The van der Waals surface area contributed by atoms with E-state index in [4.69, 9.17) is 10.5 Å². The zero-order valence-electron chi connectivity index (χ0n) is 16.0. The van der Waals surface area contributed by atoms with Gasteiger partial charge in [-0.2, -0.15) is 5.10 Å². The number of carbonyl (C=O) groups excluding carboxylic acids is 2. The lowest BCUT2D eigenvalue weighted by atomic mass is 9.98. The minimum atomic E-state index is -0.309. The minimum absolute atomic E-state index is 0.100. The Kier molecular flexibility index (Phi) is 5.01. The summed E-state index contributed by atoms with van der Waals surface area (Å²) >= 11 is 1.08. The van der Waals surface area contributed by atoms with E-state index in [9.17, 15) is 9.59 Å². The number of methoxy groups -OCH3 is 1. The van der Waals surface area contributed by atoms with Crippen LogP contribution in [0.15, 0.2) is 30.5 Å². The van der Waals surface area contributed by atoms with Gasteiger partial charge in [-0.05, 0) is 49.1 Å². The van der Waals surface area contributed by atoms with Crippen LogP contribution in [0.1, 0.15) is 32.1 Å². The number of nitrogens with two attached hydrogens (primary N) is 1. The molecule has 1 aromatic carbocycles. The van der Waals surface area contributed by atoms with Gasteiger partial charge in [0.2, 0.25) is 0 Å². The fraction of sp³-hybridized carbons (Fsp3) is 0.316. The predicted octanol–water partition coefficient (Wildman–Crippen LogP) is 1.97. The molecule has 10 heteroatoms. The minimum Gasteiger partial charge on any atom is -0.497 e. The molecule has 1 fully saturated rings. The van der Waals surface area contributed by atoms with Crippen molar-refractivity contribution in [2.45, 2.75) is 13.3 Å². The highest BCUT2D eigenvalue weighted by atomic mass is 32.1. The fourth-order valence-electron chi connectivity index (χ4n) is 3.43.